The van der Waals surface area contributed by atoms with Crippen molar-refractivity contribution in [3.8, 4) is 0 Å². The van der Waals surface area contributed by atoms with Gasteiger partial charge in [0.1, 0.15) is 11.4 Å². The molecule has 1 N–H and O–H groups in total. The maximum absolute atomic E-state index is 5.61. The number of hydrogen-bond acceptors (Lipinski definition) is 7. The van der Waals surface area contributed by atoms with E-state index >= 15 is 0 Å². The van der Waals surface area contributed by atoms with E-state index < -0.39 is 0 Å². The fourth-order valence-electron chi connectivity index (χ4n) is 3.95. The predicted octanol–water partition coefficient (Wildman–Crippen LogP) is 3.21. The number of methoxy groups -OCH3 is 1. The highest BCUT2D eigenvalue weighted by atomic mass is 16.5. The van der Waals surface area contributed by atoms with E-state index in [1.54, 1.807) is 13.3 Å². The fraction of sp³-hybridized carbons (Fsp3) is 0.381. The van der Waals surface area contributed by atoms with Gasteiger partial charge in [0.25, 0.3) is 0 Å². The van der Waals surface area contributed by atoms with Crippen LogP contribution in [0.1, 0.15) is 29.8 Å². The van der Waals surface area contributed by atoms with Crippen LogP contribution < -0.4 is 5.32 Å². The molecule has 0 aliphatic carbocycles. The van der Waals surface area contributed by atoms with Crippen molar-refractivity contribution in [2.45, 2.75) is 32.0 Å². The summed E-state index contributed by atoms with van der Waals surface area (Å²) in [5, 5.41) is 8.75. The number of rotatable bonds is 4. The number of hydrogen-bond donors (Lipinski definition) is 1. The Morgan fingerprint density at radius 2 is 2.14 bits per heavy atom. The van der Waals surface area contributed by atoms with E-state index in [0.717, 1.165) is 71.9 Å². The topological polar surface area (TPSA) is 75.8 Å². The van der Waals surface area contributed by atoms with Gasteiger partial charge in [-0.2, -0.15) is 0 Å². The molecule has 0 radical (unpaired) electrons. The second-order valence-electron chi connectivity index (χ2n) is 7.35. The van der Waals surface area contributed by atoms with Crippen LogP contribution in [0.15, 0.2) is 46.0 Å². The average Bonchev–Trinajstić information content (AvgIpc) is 3.33. The Kier molecular flexibility index (Phi) is 4.54. The minimum Gasteiger partial charge on any atom is -0.381 e. The van der Waals surface area contributed by atoms with Gasteiger partial charge in [0, 0.05) is 55.6 Å². The zero-order chi connectivity index (χ0) is 18.9. The highest BCUT2D eigenvalue weighted by Gasteiger charge is 2.21. The summed E-state index contributed by atoms with van der Waals surface area (Å²) in [7, 11) is 1.79. The highest BCUT2D eigenvalue weighted by molar-refractivity contribution is 6.09. The van der Waals surface area contributed by atoms with Crippen LogP contribution in [0, 0.1) is 0 Å². The summed E-state index contributed by atoms with van der Waals surface area (Å²) < 4.78 is 11.1. The van der Waals surface area contributed by atoms with Gasteiger partial charge in [0.2, 0.25) is 0 Å². The van der Waals surface area contributed by atoms with Crippen molar-refractivity contribution >= 4 is 22.5 Å². The van der Waals surface area contributed by atoms with E-state index in [9.17, 15) is 0 Å². The van der Waals surface area contributed by atoms with Crippen molar-refractivity contribution in [3.05, 3.63) is 53.5 Å². The molecule has 5 rings (SSSR count). The number of fused-ring (bicyclic) bond motifs is 2. The zero-order valence-corrected chi connectivity index (χ0v) is 15.9. The first-order valence-corrected chi connectivity index (χ1v) is 9.69. The number of benzene rings is 1. The van der Waals surface area contributed by atoms with E-state index in [-0.39, 0.29) is 0 Å². The maximum Gasteiger partial charge on any atom is 0.169 e. The van der Waals surface area contributed by atoms with Crippen molar-refractivity contribution in [1.29, 1.82) is 0 Å². The zero-order valence-electron chi connectivity index (χ0n) is 15.9. The van der Waals surface area contributed by atoms with Gasteiger partial charge in [-0.15, -0.1) is 0 Å². The summed E-state index contributed by atoms with van der Waals surface area (Å²) in [5.41, 5.74) is 4.76. The van der Waals surface area contributed by atoms with Crippen LogP contribution in [-0.4, -0.2) is 47.2 Å². The lowest BCUT2D eigenvalue weighted by Gasteiger charge is -2.30. The normalized spacial score (nSPS) is 17.7. The molecule has 2 aliphatic heterocycles. The Balaban J connectivity index is 1.30. The molecule has 3 aromatic rings. The van der Waals surface area contributed by atoms with E-state index in [0.29, 0.717) is 12.6 Å². The molecule has 28 heavy (non-hydrogen) atoms. The monoisotopic (exact) mass is 377 g/mol. The molecular formula is C21H23N5O2. The SMILES string of the molecule is COC1CCN(Cc2noc3cc(NC4=NCc5cccnc54)ccc23)CC1. The number of amidine groups is 1. The molecule has 1 saturated heterocycles. The smallest absolute Gasteiger partial charge is 0.169 e. The molecule has 0 unspecified atom stereocenters. The number of pyridine rings is 1. The summed E-state index contributed by atoms with van der Waals surface area (Å²) >= 11 is 0. The number of nitrogens with one attached hydrogen (secondary N) is 1. The molecule has 7 nitrogen and oxygen atoms in total. The van der Waals surface area contributed by atoms with Crippen molar-refractivity contribution in [1.82, 2.24) is 15.0 Å². The number of aliphatic imine (C=N–C) groups is 1. The Hall–Kier alpha value is -2.77. The number of anilines is 1. The Morgan fingerprint density at radius 3 is 3.00 bits per heavy atom. The predicted molar refractivity (Wildman–Crippen MR) is 107 cm³/mol. The van der Waals surface area contributed by atoms with Crippen molar-refractivity contribution in [2.75, 3.05) is 25.5 Å². The van der Waals surface area contributed by atoms with Crippen LogP contribution in [0.4, 0.5) is 5.69 Å². The molecule has 4 heterocycles. The number of ether oxygens (including phenoxy) is 1. The molecule has 0 spiro atoms. The quantitative estimate of drug-likeness (QED) is 0.752. The first-order valence-electron chi connectivity index (χ1n) is 9.69. The van der Waals surface area contributed by atoms with Gasteiger partial charge < -0.3 is 14.6 Å². The van der Waals surface area contributed by atoms with Crippen molar-refractivity contribution in [3.63, 3.8) is 0 Å². The summed E-state index contributed by atoms with van der Waals surface area (Å²) in [6.45, 7) is 3.53. The molecule has 7 heteroatoms. The molecule has 0 atom stereocenters. The van der Waals surface area contributed by atoms with Gasteiger partial charge in [-0.05, 0) is 31.0 Å². The van der Waals surface area contributed by atoms with Crippen molar-refractivity contribution in [2.24, 2.45) is 4.99 Å². The second-order valence-corrected chi connectivity index (χ2v) is 7.35. The molecule has 1 fully saturated rings. The third-order valence-corrected chi connectivity index (χ3v) is 5.57. The first-order chi connectivity index (χ1) is 13.8. The first kappa shape index (κ1) is 17.3. The molecule has 144 valence electrons. The number of nitrogens with zero attached hydrogens (tertiary/aromatic N) is 4. The number of aromatic nitrogens is 2. The van der Waals surface area contributed by atoms with Gasteiger partial charge in [-0.25, -0.2) is 0 Å². The summed E-state index contributed by atoms with van der Waals surface area (Å²) in [4.78, 5) is 11.4. The average molecular weight is 377 g/mol. The van der Waals surface area contributed by atoms with Gasteiger partial charge >= 0.3 is 0 Å². The molecular weight excluding hydrogens is 354 g/mol. The fourth-order valence-corrected chi connectivity index (χ4v) is 3.95. The van der Waals surface area contributed by atoms with Gasteiger partial charge in [-0.1, -0.05) is 11.2 Å². The maximum atomic E-state index is 5.61. The van der Waals surface area contributed by atoms with Crippen LogP contribution in [0.3, 0.4) is 0 Å². The van der Waals surface area contributed by atoms with Crippen molar-refractivity contribution < 1.29 is 9.26 Å². The third-order valence-electron chi connectivity index (χ3n) is 5.57. The number of likely N-dealkylation sites (tertiary alicyclic amines) is 1. The Labute approximate surface area is 163 Å². The summed E-state index contributed by atoms with van der Waals surface area (Å²) in [5.74, 6) is 0.802. The molecule has 0 bridgehead atoms. The standard InChI is InChI=1S/C21H23N5O2/c1-27-16-6-9-26(10-7-16)13-18-17-5-4-15(11-19(17)28-25-18)24-21-20-14(12-23-21)3-2-8-22-20/h2-5,8,11,16H,6-7,9-10,12-13H2,1H3,(H,23,24). The molecule has 1 aromatic carbocycles. The minimum atomic E-state index is 0.386. The van der Waals surface area contributed by atoms with Gasteiger partial charge in [0.05, 0.1) is 12.6 Å². The lowest BCUT2D eigenvalue weighted by atomic mass is 10.1. The van der Waals surface area contributed by atoms with Crippen LogP contribution in [0.2, 0.25) is 0 Å². The Morgan fingerprint density at radius 1 is 1.25 bits per heavy atom. The third kappa shape index (κ3) is 3.27. The summed E-state index contributed by atoms with van der Waals surface area (Å²) in [6, 6.07) is 10.1. The largest absolute Gasteiger partial charge is 0.381 e. The number of piperidine rings is 1. The molecule has 2 aliphatic rings. The van der Waals surface area contributed by atoms with E-state index in [2.05, 4.69) is 37.5 Å². The Bertz CT molecular complexity index is 1020. The highest BCUT2D eigenvalue weighted by Crippen LogP contribution is 2.26. The van der Waals surface area contributed by atoms with E-state index in [1.165, 1.54) is 0 Å². The van der Waals surface area contributed by atoms with E-state index in [4.69, 9.17) is 9.26 Å². The van der Waals surface area contributed by atoms with Crippen LogP contribution in [0.25, 0.3) is 11.0 Å². The minimum absolute atomic E-state index is 0.386. The van der Waals surface area contributed by atoms with Crippen LogP contribution in [-0.2, 0) is 17.8 Å². The van der Waals surface area contributed by atoms with Gasteiger partial charge in [0.15, 0.2) is 11.4 Å². The van der Waals surface area contributed by atoms with E-state index in [1.807, 2.05) is 18.2 Å². The summed E-state index contributed by atoms with van der Waals surface area (Å²) in [6.07, 6.45) is 4.32. The van der Waals surface area contributed by atoms with Gasteiger partial charge in [-0.3, -0.25) is 14.9 Å². The second kappa shape index (κ2) is 7.33. The molecule has 0 saturated carbocycles. The molecule has 0 amide bonds. The van der Waals surface area contributed by atoms with Crippen LogP contribution >= 0.6 is 0 Å². The van der Waals surface area contributed by atoms with Crippen LogP contribution in [0.5, 0.6) is 0 Å². The lowest BCUT2D eigenvalue weighted by Crippen LogP contribution is -2.36. The lowest BCUT2D eigenvalue weighted by molar-refractivity contribution is 0.0384. The molecule has 2 aromatic heterocycles.